The predicted octanol–water partition coefficient (Wildman–Crippen LogP) is 0.245. The summed E-state index contributed by atoms with van der Waals surface area (Å²) in [6, 6.07) is 0. The van der Waals surface area contributed by atoms with Crippen molar-refractivity contribution in [1.82, 2.24) is 4.90 Å². The standard InChI is InChI=1S/C14H23N2O3/c1-14-6-5-9(19-14)10-11(14)13(18)15(12(10)17)7-8-16(2,3)4/h9-11H,5-8H2,1-4H3/q+1. The van der Waals surface area contributed by atoms with Gasteiger partial charge >= 0.3 is 0 Å². The molecule has 2 amide bonds. The zero-order valence-electron chi connectivity index (χ0n) is 12.2. The number of ether oxygens (including phenoxy) is 1. The lowest BCUT2D eigenvalue weighted by molar-refractivity contribution is -0.869. The second-order valence-corrected chi connectivity index (χ2v) is 7.35. The summed E-state index contributed by atoms with van der Waals surface area (Å²) in [7, 11) is 6.21. The summed E-state index contributed by atoms with van der Waals surface area (Å²) >= 11 is 0. The lowest BCUT2D eigenvalue weighted by Gasteiger charge is -2.28. The van der Waals surface area contributed by atoms with Gasteiger partial charge in [0.15, 0.2) is 0 Å². The highest BCUT2D eigenvalue weighted by atomic mass is 16.5. The van der Waals surface area contributed by atoms with E-state index in [2.05, 4.69) is 21.1 Å². The summed E-state index contributed by atoms with van der Waals surface area (Å²) in [5.74, 6) is -0.449. The van der Waals surface area contributed by atoms with Crippen LogP contribution in [0.1, 0.15) is 19.8 Å². The second-order valence-electron chi connectivity index (χ2n) is 7.35. The Kier molecular flexibility index (Phi) is 2.61. The molecule has 0 radical (unpaired) electrons. The van der Waals surface area contributed by atoms with Gasteiger partial charge in [-0.3, -0.25) is 14.5 Å². The largest absolute Gasteiger partial charge is 0.370 e. The molecule has 3 aliphatic heterocycles. The summed E-state index contributed by atoms with van der Waals surface area (Å²) in [5.41, 5.74) is -0.395. The highest BCUT2D eigenvalue weighted by molar-refractivity contribution is 6.06. The van der Waals surface area contributed by atoms with Gasteiger partial charge in [-0.25, -0.2) is 0 Å². The monoisotopic (exact) mass is 267 g/mol. The molecular weight excluding hydrogens is 244 g/mol. The number of hydrogen-bond acceptors (Lipinski definition) is 3. The second kappa shape index (κ2) is 3.79. The smallest absolute Gasteiger partial charge is 0.236 e. The van der Waals surface area contributed by atoms with Crippen LogP contribution in [0.4, 0.5) is 0 Å². The molecule has 3 heterocycles. The Balaban J connectivity index is 1.80. The zero-order chi connectivity index (χ0) is 14.0. The minimum atomic E-state index is -0.395. The molecule has 3 aliphatic rings. The Morgan fingerprint density at radius 2 is 2.00 bits per heavy atom. The van der Waals surface area contributed by atoms with Gasteiger partial charge in [0, 0.05) is 0 Å². The molecule has 0 N–H and O–H groups in total. The third-order valence-corrected chi connectivity index (χ3v) is 4.84. The Hall–Kier alpha value is -0.940. The number of imide groups is 1. The lowest BCUT2D eigenvalue weighted by Crippen LogP contribution is -2.45. The van der Waals surface area contributed by atoms with Gasteiger partial charge in [-0.15, -0.1) is 0 Å². The number of nitrogens with zero attached hydrogens (tertiary/aromatic N) is 2. The number of hydrogen-bond donors (Lipinski definition) is 0. The first-order valence-electron chi connectivity index (χ1n) is 7.06. The number of likely N-dealkylation sites (tertiary alicyclic amines) is 1. The van der Waals surface area contributed by atoms with Crippen molar-refractivity contribution in [3.63, 3.8) is 0 Å². The van der Waals surface area contributed by atoms with Crippen molar-refractivity contribution in [3.05, 3.63) is 0 Å². The fourth-order valence-electron chi connectivity index (χ4n) is 3.76. The first-order valence-corrected chi connectivity index (χ1v) is 7.06. The highest BCUT2D eigenvalue weighted by Gasteiger charge is 2.67. The van der Waals surface area contributed by atoms with Gasteiger partial charge in [-0.05, 0) is 19.8 Å². The van der Waals surface area contributed by atoms with Gasteiger partial charge in [-0.1, -0.05) is 0 Å². The maximum absolute atomic E-state index is 12.5. The van der Waals surface area contributed by atoms with Gasteiger partial charge in [0.05, 0.1) is 57.8 Å². The molecule has 0 aromatic carbocycles. The van der Waals surface area contributed by atoms with E-state index < -0.39 is 5.60 Å². The van der Waals surface area contributed by atoms with Crippen LogP contribution < -0.4 is 0 Å². The van der Waals surface area contributed by atoms with Crippen LogP contribution in [0.15, 0.2) is 0 Å². The number of quaternary nitrogens is 1. The van der Waals surface area contributed by atoms with E-state index in [1.54, 1.807) is 0 Å². The van der Waals surface area contributed by atoms with E-state index in [0.717, 1.165) is 23.9 Å². The zero-order valence-corrected chi connectivity index (χ0v) is 12.2. The summed E-state index contributed by atoms with van der Waals surface area (Å²) in [6.07, 6.45) is 1.79. The van der Waals surface area contributed by atoms with Crippen LogP contribution in [0.25, 0.3) is 0 Å². The van der Waals surface area contributed by atoms with Crippen LogP contribution in [-0.2, 0) is 14.3 Å². The van der Waals surface area contributed by atoms with E-state index in [1.165, 1.54) is 4.90 Å². The predicted molar refractivity (Wildman–Crippen MR) is 69.1 cm³/mol. The first kappa shape index (κ1) is 13.1. The molecule has 2 bridgehead atoms. The number of carbonyl (C=O) groups excluding carboxylic acids is 2. The summed E-state index contributed by atoms with van der Waals surface area (Å²) in [5, 5.41) is 0. The van der Waals surface area contributed by atoms with Gasteiger partial charge in [0.2, 0.25) is 11.8 Å². The van der Waals surface area contributed by atoms with E-state index in [4.69, 9.17) is 4.74 Å². The molecule has 5 nitrogen and oxygen atoms in total. The minimum absolute atomic E-state index is 0.00289. The fraction of sp³-hybridized carbons (Fsp3) is 0.857. The van der Waals surface area contributed by atoms with Crippen molar-refractivity contribution >= 4 is 11.8 Å². The molecule has 0 aromatic rings. The highest BCUT2D eigenvalue weighted by Crippen LogP contribution is 2.54. The maximum Gasteiger partial charge on any atom is 0.236 e. The van der Waals surface area contributed by atoms with Gasteiger partial charge in [0.25, 0.3) is 0 Å². The van der Waals surface area contributed by atoms with Crippen molar-refractivity contribution in [2.24, 2.45) is 11.8 Å². The molecule has 0 aromatic heterocycles. The summed E-state index contributed by atoms with van der Waals surface area (Å²) in [4.78, 5) is 26.5. The quantitative estimate of drug-likeness (QED) is 0.544. The van der Waals surface area contributed by atoms with Crippen LogP contribution in [0.5, 0.6) is 0 Å². The molecule has 4 atom stereocenters. The SMILES string of the molecule is CC12CCC(O1)C1C(=O)N(CC[N+](C)(C)C)C(=O)C12. The van der Waals surface area contributed by atoms with Crippen LogP contribution in [0, 0.1) is 11.8 Å². The number of carbonyl (C=O) groups is 2. The number of amides is 2. The van der Waals surface area contributed by atoms with E-state index in [9.17, 15) is 9.59 Å². The molecule has 3 saturated heterocycles. The normalized spacial score (nSPS) is 41.3. The lowest BCUT2D eigenvalue weighted by atomic mass is 9.74. The Bertz CT molecular complexity index is 442. The molecule has 0 spiro atoms. The molecule has 0 aliphatic carbocycles. The molecule has 106 valence electrons. The van der Waals surface area contributed by atoms with E-state index in [0.29, 0.717) is 6.54 Å². The molecular formula is C14H23N2O3+. The molecule has 3 rings (SSSR count). The average molecular weight is 267 g/mol. The van der Waals surface area contributed by atoms with Gasteiger partial charge in [-0.2, -0.15) is 0 Å². The molecule has 19 heavy (non-hydrogen) atoms. The molecule has 0 saturated carbocycles. The molecule has 5 heteroatoms. The van der Waals surface area contributed by atoms with Crippen LogP contribution >= 0.6 is 0 Å². The van der Waals surface area contributed by atoms with Crippen LogP contribution in [0.3, 0.4) is 0 Å². The van der Waals surface area contributed by atoms with Crippen molar-refractivity contribution < 1.29 is 18.8 Å². The Morgan fingerprint density at radius 1 is 1.32 bits per heavy atom. The molecule has 4 unspecified atom stereocenters. The third-order valence-electron chi connectivity index (χ3n) is 4.84. The van der Waals surface area contributed by atoms with E-state index in [-0.39, 0.29) is 29.8 Å². The Labute approximate surface area is 114 Å². The van der Waals surface area contributed by atoms with Crippen molar-refractivity contribution in [2.45, 2.75) is 31.5 Å². The Morgan fingerprint density at radius 3 is 2.58 bits per heavy atom. The van der Waals surface area contributed by atoms with Gasteiger partial charge < -0.3 is 9.22 Å². The van der Waals surface area contributed by atoms with Crippen molar-refractivity contribution in [3.8, 4) is 0 Å². The van der Waals surface area contributed by atoms with E-state index in [1.807, 2.05) is 6.92 Å². The number of rotatable bonds is 3. The van der Waals surface area contributed by atoms with Gasteiger partial charge in [0.1, 0.15) is 0 Å². The van der Waals surface area contributed by atoms with Crippen LogP contribution in [0.2, 0.25) is 0 Å². The molecule has 3 fully saturated rings. The summed E-state index contributed by atoms with van der Waals surface area (Å²) < 4.78 is 6.64. The minimum Gasteiger partial charge on any atom is -0.370 e. The number of likely N-dealkylation sites (N-methyl/N-ethyl adjacent to an activating group) is 1. The average Bonchev–Trinajstić information content (AvgIpc) is 2.86. The summed E-state index contributed by atoms with van der Waals surface area (Å²) in [6.45, 7) is 3.31. The fourth-order valence-corrected chi connectivity index (χ4v) is 3.76. The van der Waals surface area contributed by atoms with Crippen LogP contribution in [-0.4, -0.2) is 67.1 Å². The maximum atomic E-state index is 12.5. The third kappa shape index (κ3) is 1.82. The van der Waals surface area contributed by atoms with Crippen molar-refractivity contribution in [2.75, 3.05) is 34.2 Å². The topological polar surface area (TPSA) is 46.6 Å². The van der Waals surface area contributed by atoms with Crippen molar-refractivity contribution in [1.29, 1.82) is 0 Å². The first-order chi connectivity index (χ1) is 8.73. The van der Waals surface area contributed by atoms with E-state index >= 15 is 0 Å². The number of fused-ring (bicyclic) bond motifs is 5.